The van der Waals surface area contributed by atoms with Crippen LogP contribution in [0, 0.1) is 6.92 Å². The summed E-state index contributed by atoms with van der Waals surface area (Å²) in [5.41, 5.74) is 3.07. The molecule has 0 fully saturated rings. The number of nitrogens with one attached hydrogen (secondary N) is 3. The number of aromatic nitrogens is 2. The number of carbonyl (C=O) groups excluding carboxylic acids is 2. The van der Waals surface area contributed by atoms with Crippen LogP contribution in [0.4, 0.5) is 5.95 Å². The molecule has 1 aromatic carbocycles. The highest BCUT2D eigenvalue weighted by molar-refractivity contribution is 6.02. The van der Waals surface area contributed by atoms with E-state index in [4.69, 9.17) is 5.84 Å². The second-order valence-electron chi connectivity index (χ2n) is 4.52. The summed E-state index contributed by atoms with van der Waals surface area (Å²) in [7, 11) is 0. The van der Waals surface area contributed by atoms with E-state index in [0.29, 0.717) is 11.5 Å². The fourth-order valence-corrected chi connectivity index (χ4v) is 1.68. The van der Waals surface area contributed by atoms with Crippen molar-refractivity contribution in [2.45, 2.75) is 6.92 Å². The van der Waals surface area contributed by atoms with Gasteiger partial charge in [-0.3, -0.25) is 15.0 Å². The van der Waals surface area contributed by atoms with Crippen molar-refractivity contribution in [2.75, 3.05) is 5.32 Å². The van der Waals surface area contributed by atoms with Gasteiger partial charge in [0, 0.05) is 23.7 Å². The molecule has 0 atom stereocenters. The SMILES string of the molecule is Cc1ccnc(N/C=C(\NC(=O)c2ccccc2)C(=O)NN)n1. The monoisotopic (exact) mass is 312 g/mol. The first-order valence-corrected chi connectivity index (χ1v) is 6.74. The number of nitrogens with zero attached hydrogens (tertiary/aromatic N) is 2. The predicted molar refractivity (Wildman–Crippen MR) is 84.7 cm³/mol. The standard InChI is InChI=1S/C15H16N6O2/c1-10-7-8-17-15(19-10)18-9-12(14(23)21-16)20-13(22)11-5-3-2-4-6-11/h2-9H,16H2,1H3,(H,20,22)(H,21,23)(H,17,18,19)/b12-9-. The van der Waals surface area contributed by atoms with E-state index in [1.165, 1.54) is 6.20 Å². The molecule has 2 amide bonds. The molecule has 0 unspecified atom stereocenters. The number of anilines is 1. The van der Waals surface area contributed by atoms with Crippen LogP contribution in [-0.2, 0) is 4.79 Å². The summed E-state index contributed by atoms with van der Waals surface area (Å²) in [6, 6.07) is 10.2. The van der Waals surface area contributed by atoms with Crippen LogP contribution in [0.1, 0.15) is 16.1 Å². The fourth-order valence-electron chi connectivity index (χ4n) is 1.68. The molecule has 0 spiro atoms. The highest BCUT2D eigenvalue weighted by Gasteiger charge is 2.13. The third kappa shape index (κ3) is 4.61. The number of hydrazine groups is 1. The van der Waals surface area contributed by atoms with Crippen molar-refractivity contribution in [1.29, 1.82) is 0 Å². The Morgan fingerprint density at radius 1 is 1.17 bits per heavy atom. The van der Waals surface area contributed by atoms with Gasteiger partial charge in [0.1, 0.15) is 5.70 Å². The number of nitrogens with two attached hydrogens (primary N) is 1. The Kier molecular flexibility index (Phi) is 5.37. The molecule has 0 saturated heterocycles. The minimum atomic E-state index is -0.658. The minimum absolute atomic E-state index is 0.0635. The quantitative estimate of drug-likeness (QED) is 0.275. The highest BCUT2D eigenvalue weighted by Crippen LogP contribution is 2.02. The van der Waals surface area contributed by atoms with E-state index in [-0.39, 0.29) is 5.70 Å². The van der Waals surface area contributed by atoms with Gasteiger partial charge in [0.15, 0.2) is 0 Å². The number of hydrogen-bond acceptors (Lipinski definition) is 6. The molecule has 8 heteroatoms. The zero-order valence-electron chi connectivity index (χ0n) is 12.4. The number of carbonyl (C=O) groups is 2. The van der Waals surface area contributed by atoms with Crippen molar-refractivity contribution in [3.8, 4) is 0 Å². The van der Waals surface area contributed by atoms with E-state index >= 15 is 0 Å². The zero-order valence-corrected chi connectivity index (χ0v) is 12.4. The summed E-state index contributed by atoms with van der Waals surface area (Å²) in [6.07, 6.45) is 2.85. The van der Waals surface area contributed by atoms with Crippen molar-refractivity contribution < 1.29 is 9.59 Å². The molecule has 0 radical (unpaired) electrons. The van der Waals surface area contributed by atoms with Crippen LogP contribution in [0.5, 0.6) is 0 Å². The van der Waals surface area contributed by atoms with Crippen LogP contribution in [-0.4, -0.2) is 21.8 Å². The lowest BCUT2D eigenvalue weighted by atomic mass is 10.2. The second kappa shape index (κ2) is 7.66. The number of amides is 2. The van der Waals surface area contributed by atoms with Gasteiger partial charge in [0.25, 0.3) is 11.8 Å². The Morgan fingerprint density at radius 3 is 2.57 bits per heavy atom. The topological polar surface area (TPSA) is 122 Å². The lowest BCUT2D eigenvalue weighted by molar-refractivity contribution is -0.117. The van der Waals surface area contributed by atoms with E-state index in [1.54, 1.807) is 49.5 Å². The highest BCUT2D eigenvalue weighted by atomic mass is 16.2. The van der Waals surface area contributed by atoms with Crippen LogP contribution < -0.4 is 21.9 Å². The molecule has 1 aromatic heterocycles. The van der Waals surface area contributed by atoms with Crippen molar-refractivity contribution in [3.63, 3.8) is 0 Å². The van der Waals surface area contributed by atoms with Crippen molar-refractivity contribution in [2.24, 2.45) is 5.84 Å². The molecular formula is C15H16N6O2. The average Bonchev–Trinajstić information content (AvgIpc) is 2.58. The van der Waals surface area contributed by atoms with E-state index in [2.05, 4.69) is 20.6 Å². The lowest BCUT2D eigenvalue weighted by Crippen LogP contribution is -2.38. The van der Waals surface area contributed by atoms with E-state index < -0.39 is 11.8 Å². The maximum absolute atomic E-state index is 12.1. The molecular weight excluding hydrogens is 296 g/mol. The Balaban J connectivity index is 2.15. The number of aryl methyl sites for hydroxylation is 1. The molecule has 0 saturated carbocycles. The zero-order chi connectivity index (χ0) is 16.7. The van der Waals surface area contributed by atoms with Gasteiger partial charge in [0.05, 0.1) is 0 Å². The molecule has 0 aliphatic heterocycles. The van der Waals surface area contributed by atoms with Gasteiger partial charge >= 0.3 is 0 Å². The molecule has 23 heavy (non-hydrogen) atoms. The van der Waals surface area contributed by atoms with E-state index in [1.807, 2.05) is 5.43 Å². The second-order valence-corrected chi connectivity index (χ2v) is 4.52. The summed E-state index contributed by atoms with van der Waals surface area (Å²) in [6.45, 7) is 1.81. The smallest absolute Gasteiger partial charge is 0.283 e. The largest absolute Gasteiger partial charge is 0.328 e. The van der Waals surface area contributed by atoms with Crippen molar-refractivity contribution in [3.05, 3.63) is 65.7 Å². The van der Waals surface area contributed by atoms with Crippen molar-refractivity contribution >= 4 is 17.8 Å². The van der Waals surface area contributed by atoms with Crippen LogP contribution in [0.2, 0.25) is 0 Å². The average molecular weight is 312 g/mol. The van der Waals surface area contributed by atoms with Gasteiger partial charge in [-0.15, -0.1) is 0 Å². The first kappa shape index (κ1) is 16.1. The minimum Gasteiger partial charge on any atom is -0.328 e. The Morgan fingerprint density at radius 2 is 1.91 bits per heavy atom. The summed E-state index contributed by atoms with van der Waals surface area (Å²) in [4.78, 5) is 32.0. The van der Waals surface area contributed by atoms with Gasteiger partial charge < -0.3 is 10.6 Å². The van der Waals surface area contributed by atoms with Crippen LogP contribution >= 0.6 is 0 Å². The van der Waals surface area contributed by atoms with Gasteiger partial charge in [-0.25, -0.2) is 15.8 Å². The maximum atomic E-state index is 12.1. The van der Waals surface area contributed by atoms with E-state index in [9.17, 15) is 9.59 Å². The lowest BCUT2D eigenvalue weighted by Gasteiger charge is -2.09. The molecule has 0 aliphatic carbocycles. The van der Waals surface area contributed by atoms with Crippen LogP contribution in [0.15, 0.2) is 54.5 Å². The molecule has 5 N–H and O–H groups in total. The molecule has 2 aromatic rings. The first-order valence-electron chi connectivity index (χ1n) is 6.74. The Bertz CT molecular complexity index is 730. The third-order valence-electron chi connectivity index (χ3n) is 2.80. The third-order valence-corrected chi connectivity index (χ3v) is 2.80. The van der Waals surface area contributed by atoms with E-state index in [0.717, 1.165) is 5.69 Å². The molecule has 0 aliphatic rings. The molecule has 2 rings (SSSR count). The maximum Gasteiger partial charge on any atom is 0.283 e. The Hall–Kier alpha value is -3.26. The molecule has 0 bridgehead atoms. The van der Waals surface area contributed by atoms with Gasteiger partial charge in [0.2, 0.25) is 5.95 Å². The molecule has 1 heterocycles. The van der Waals surface area contributed by atoms with Crippen LogP contribution in [0.25, 0.3) is 0 Å². The summed E-state index contributed by atoms with van der Waals surface area (Å²) < 4.78 is 0. The molecule has 118 valence electrons. The first-order chi connectivity index (χ1) is 11.1. The van der Waals surface area contributed by atoms with Crippen LogP contribution in [0.3, 0.4) is 0 Å². The summed E-state index contributed by atoms with van der Waals surface area (Å²) in [5.74, 6) is 4.33. The number of benzene rings is 1. The summed E-state index contributed by atoms with van der Waals surface area (Å²) >= 11 is 0. The number of hydrogen-bond donors (Lipinski definition) is 4. The summed E-state index contributed by atoms with van der Waals surface area (Å²) in [5, 5.41) is 5.22. The van der Waals surface area contributed by atoms with Gasteiger partial charge in [-0.05, 0) is 25.1 Å². The number of rotatable bonds is 5. The van der Waals surface area contributed by atoms with Crippen molar-refractivity contribution in [1.82, 2.24) is 20.7 Å². The van der Waals surface area contributed by atoms with Gasteiger partial charge in [-0.1, -0.05) is 18.2 Å². The predicted octanol–water partition coefficient (Wildman–Crippen LogP) is 0.458. The Labute approximate surface area is 132 Å². The fraction of sp³-hybridized carbons (Fsp3) is 0.0667. The molecule has 8 nitrogen and oxygen atoms in total. The van der Waals surface area contributed by atoms with Gasteiger partial charge in [-0.2, -0.15) is 0 Å². The normalized spacial score (nSPS) is 10.8.